The van der Waals surface area contributed by atoms with Crippen LogP contribution < -0.4 is 4.74 Å². The van der Waals surface area contributed by atoms with Crippen LogP contribution in [0.2, 0.25) is 25.7 Å². The molecule has 1 aromatic carbocycles. The number of ether oxygens (including phenoxy) is 2. The summed E-state index contributed by atoms with van der Waals surface area (Å²) < 4.78 is 11.2. The van der Waals surface area contributed by atoms with Crippen molar-refractivity contribution in [2.75, 3.05) is 26.5 Å². The third kappa shape index (κ3) is 6.20. The van der Waals surface area contributed by atoms with E-state index >= 15 is 0 Å². The quantitative estimate of drug-likeness (QED) is 0.393. The molecule has 0 aliphatic heterocycles. The zero-order chi connectivity index (χ0) is 16.6. The summed E-state index contributed by atoms with van der Waals surface area (Å²) in [5.41, 5.74) is 0.597. The molecule has 0 unspecified atom stereocenters. The van der Waals surface area contributed by atoms with Gasteiger partial charge in [-0.2, -0.15) is 0 Å². The summed E-state index contributed by atoms with van der Waals surface area (Å²) in [6.45, 7) is 13.2. The second-order valence-corrected chi connectivity index (χ2v) is 12.1. The van der Waals surface area contributed by atoms with Crippen molar-refractivity contribution < 1.29 is 14.3 Å². The Morgan fingerprint density at radius 2 is 1.77 bits per heavy atom. The molecule has 0 spiro atoms. The van der Waals surface area contributed by atoms with Crippen LogP contribution in [-0.4, -0.2) is 45.4 Å². The van der Waals surface area contributed by atoms with Crippen LogP contribution in [0.25, 0.3) is 0 Å². The van der Waals surface area contributed by atoms with Crippen molar-refractivity contribution in [1.29, 1.82) is 0 Å². The average Bonchev–Trinajstić information content (AvgIpc) is 2.47. The summed E-state index contributed by atoms with van der Waals surface area (Å²) >= 11 is 0. The lowest BCUT2D eigenvalue weighted by atomic mass is 10.1. The van der Waals surface area contributed by atoms with Crippen LogP contribution in [0.1, 0.15) is 24.2 Å². The first-order chi connectivity index (χ1) is 10.4. The Morgan fingerprint density at radius 1 is 1.14 bits per heavy atom. The van der Waals surface area contributed by atoms with E-state index in [1.807, 2.05) is 32.0 Å². The summed E-state index contributed by atoms with van der Waals surface area (Å²) in [4.78, 5) is 14.2. The lowest BCUT2D eigenvalue weighted by molar-refractivity contribution is 0.0212. The third-order valence-corrected chi connectivity index (χ3v) is 5.17. The topological polar surface area (TPSA) is 38.8 Å². The molecule has 5 heteroatoms. The maximum atomic E-state index is 12.5. The number of para-hydroxylation sites is 1. The number of rotatable bonds is 9. The van der Waals surface area contributed by atoms with Gasteiger partial charge in [0.15, 0.2) is 6.79 Å². The van der Waals surface area contributed by atoms with Gasteiger partial charge in [0.05, 0.1) is 5.56 Å². The molecule has 0 N–H and O–H groups in total. The Hall–Kier alpha value is -1.33. The molecule has 0 radical (unpaired) electrons. The molecular formula is C17H29NO3Si. The summed E-state index contributed by atoms with van der Waals surface area (Å²) in [7, 11) is -1.08. The summed E-state index contributed by atoms with van der Waals surface area (Å²) in [5.74, 6) is 0.593. The fourth-order valence-corrected chi connectivity index (χ4v) is 2.75. The van der Waals surface area contributed by atoms with Gasteiger partial charge in [-0.1, -0.05) is 31.8 Å². The summed E-state index contributed by atoms with van der Waals surface area (Å²) in [6, 6.07) is 8.46. The number of hydrogen-bond acceptors (Lipinski definition) is 3. The van der Waals surface area contributed by atoms with Gasteiger partial charge in [-0.15, -0.1) is 0 Å². The molecule has 4 nitrogen and oxygen atoms in total. The number of carbonyl (C=O) groups is 1. The lowest BCUT2D eigenvalue weighted by Crippen LogP contribution is -2.30. The molecule has 0 aliphatic carbocycles. The molecule has 0 saturated carbocycles. The molecule has 1 amide bonds. The van der Waals surface area contributed by atoms with Crippen molar-refractivity contribution >= 4 is 14.0 Å². The Morgan fingerprint density at radius 3 is 2.36 bits per heavy atom. The summed E-state index contributed by atoms with van der Waals surface area (Å²) in [6.07, 6.45) is 0. The average molecular weight is 324 g/mol. The third-order valence-electron chi connectivity index (χ3n) is 3.46. The minimum atomic E-state index is -1.08. The Balaban J connectivity index is 2.59. The summed E-state index contributed by atoms with van der Waals surface area (Å²) in [5, 5.41) is 0. The fourth-order valence-electron chi connectivity index (χ4n) is 1.99. The van der Waals surface area contributed by atoms with E-state index in [-0.39, 0.29) is 12.7 Å². The van der Waals surface area contributed by atoms with E-state index in [0.29, 0.717) is 31.0 Å². The Kier molecular flexibility index (Phi) is 7.62. The van der Waals surface area contributed by atoms with Gasteiger partial charge in [0.1, 0.15) is 5.75 Å². The molecule has 0 aromatic heterocycles. The zero-order valence-corrected chi connectivity index (χ0v) is 15.5. The SMILES string of the molecule is CCN(CC)C(=O)c1ccccc1OCOCC[Si](C)(C)C. The van der Waals surface area contributed by atoms with Gasteiger partial charge in [0.2, 0.25) is 0 Å². The zero-order valence-electron chi connectivity index (χ0n) is 14.5. The van der Waals surface area contributed by atoms with E-state index < -0.39 is 8.07 Å². The minimum Gasteiger partial charge on any atom is -0.467 e. The molecule has 1 aromatic rings. The Labute approximate surface area is 135 Å². The number of carbonyl (C=O) groups excluding carboxylic acids is 1. The lowest BCUT2D eigenvalue weighted by Gasteiger charge is -2.20. The number of benzene rings is 1. The van der Waals surface area contributed by atoms with Crippen LogP contribution in [0.15, 0.2) is 24.3 Å². The van der Waals surface area contributed by atoms with E-state index in [0.717, 1.165) is 6.04 Å². The van der Waals surface area contributed by atoms with Crippen molar-refractivity contribution in [3.63, 3.8) is 0 Å². The standard InChI is InChI=1S/C17H29NO3Si/c1-6-18(7-2)17(19)15-10-8-9-11-16(15)21-14-20-12-13-22(3,4)5/h8-11H,6-7,12-14H2,1-5H3. The smallest absolute Gasteiger partial charge is 0.257 e. The number of amides is 1. The maximum Gasteiger partial charge on any atom is 0.257 e. The highest BCUT2D eigenvalue weighted by molar-refractivity contribution is 6.76. The van der Waals surface area contributed by atoms with Crippen LogP contribution in [-0.2, 0) is 4.74 Å². The first kappa shape index (κ1) is 18.7. The van der Waals surface area contributed by atoms with Gasteiger partial charge >= 0.3 is 0 Å². The molecule has 1 rings (SSSR count). The number of nitrogens with zero attached hydrogens (tertiary/aromatic N) is 1. The van der Waals surface area contributed by atoms with Crippen LogP contribution in [0.4, 0.5) is 0 Å². The Bertz CT molecular complexity index is 467. The van der Waals surface area contributed by atoms with Crippen LogP contribution >= 0.6 is 0 Å². The molecule has 0 heterocycles. The van der Waals surface area contributed by atoms with Crippen molar-refractivity contribution in [2.45, 2.75) is 39.5 Å². The predicted octanol–water partition coefficient (Wildman–Crippen LogP) is 3.86. The highest BCUT2D eigenvalue weighted by Gasteiger charge is 2.17. The van der Waals surface area contributed by atoms with Gasteiger partial charge in [0.25, 0.3) is 5.91 Å². The van der Waals surface area contributed by atoms with Crippen molar-refractivity contribution in [2.24, 2.45) is 0 Å². The van der Waals surface area contributed by atoms with E-state index in [1.165, 1.54) is 0 Å². The first-order valence-electron chi connectivity index (χ1n) is 7.98. The maximum absolute atomic E-state index is 12.5. The second-order valence-electron chi connectivity index (χ2n) is 6.45. The van der Waals surface area contributed by atoms with Gasteiger partial charge in [-0.25, -0.2) is 0 Å². The fraction of sp³-hybridized carbons (Fsp3) is 0.588. The highest BCUT2D eigenvalue weighted by Crippen LogP contribution is 2.20. The molecular weight excluding hydrogens is 294 g/mol. The van der Waals surface area contributed by atoms with Gasteiger partial charge in [-0.3, -0.25) is 4.79 Å². The van der Waals surface area contributed by atoms with Crippen molar-refractivity contribution in [3.8, 4) is 5.75 Å². The molecule has 0 bridgehead atoms. The molecule has 0 aliphatic rings. The first-order valence-corrected chi connectivity index (χ1v) is 11.7. The van der Waals surface area contributed by atoms with Crippen molar-refractivity contribution in [3.05, 3.63) is 29.8 Å². The largest absolute Gasteiger partial charge is 0.467 e. The number of hydrogen-bond donors (Lipinski definition) is 0. The van der Waals surface area contributed by atoms with Crippen LogP contribution in [0.5, 0.6) is 5.75 Å². The molecule has 0 fully saturated rings. The normalized spacial score (nSPS) is 11.3. The predicted molar refractivity (Wildman–Crippen MR) is 93.3 cm³/mol. The molecule has 0 atom stereocenters. The van der Waals surface area contributed by atoms with Gasteiger partial charge in [-0.05, 0) is 32.0 Å². The molecule has 0 saturated heterocycles. The minimum absolute atomic E-state index is 0.00250. The van der Waals surface area contributed by atoms with E-state index in [4.69, 9.17) is 9.47 Å². The van der Waals surface area contributed by atoms with Crippen LogP contribution in [0.3, 0.4) is 0 Å². The highest BCUT2D eigenvalue weighted by atomic mass is 28.3. The van der Waals surface area contributed by atoms with Gasteiger partial charge in [0, 0.05) is 27.8 Å². The second kappa shape index (κ2) is 8.95. The van der Waals surface area contributed by atoms with Crippen LogP contribution in [0, 0.1) is 0 Å². The molecule has 22 heavy (non-hydrogen) atoms. The van der Waals surface area contributed by atoms with E-state index in [2.05, 4.69) is 19.6 Å². The van der Waals surface area contributed by atoms with E-state index in [9.17, 15) is 4.79 Å². The van der Waals surface area contributed by atoms with E-state index in [1.54, 1.807) is 11.0 Å². The monoisotopic (exact) mass is 323 g/mol. The van der Waals surface area contributed by atoms with Gasteiger partial charge < -0.3 is 14.4 Å². The van der Waals surface area contributed by atoms with Crippen molar-refractivity contribution in [1.82, 2.24) is 4.90 Å². The molecule has 124 valence electrons.